The third kappa shape index (κ3) is 4.42. The molecule has 0 unspecified atom stereocenters. The summed E-state index contributed by atoms with van der Waals surface area (Å²) in [6, 6.07) is 6.01. The van der Waals surface area contributed by atoms with Crippen LogP contribution in [0.5, 0.6) is 0 Å². The van der Waals surface area contributed by atoms with E-state index in [0.717, 1.165) is 23.2 Å². The van der Waals surface area contributed by atoms with E-state index in [-0.39, 0.29) is 29.6 Å². The van der Waals surface area contributed by atoms with Crippen molar-refractivity contribution in [2.24, 2.45) is 0 Å². The first-order chi connectivity index (χ1) is 8.72. The predicted octanol–water partition coefficient (Wildman–Crippen LogP) is 2.59. The Labute approximate surface area is 138 Å². The number of anilines is 1. The van der Waals surface area contributed by atoms with Gasteiger partial charge in [0.1, 0.15) is 0 Å². The number of rotatable bonds is 4. The van der Waals surface area contributed by atoms with Crippen LogP contribution in [0.4, 0.5) is 10.7 Å². The summed E-state index contributed by atoms with van der Waals surface area (Å²) in [5, 5.41) is 2.51. The monoisotopic (exact) mass is 289 g/mol. The van der Waals surface area contributed by atoms with E-state index in [9.17, 15) is 4.79 Å². The Morgan fingerprint density at radius 1 is 1.53 bits per heavy atom. The van der Waals surface area contributed by atoms with Gasteiger partial charge >= 0.3 is 35.7 Å². The van der Waals surface area contributed by atoms with Gasteiger partial charge in [-0.25, -0.2) is 9.78 Å². The van der Waals surface area contributed by atoms with Gasteiger partial charge in [0, 0.05) is 4.90 Å². The molecule has 19 heavy (non-hydrogen) atoms. The van der Waals surface area contributed by atoms with E-state index in [1.54, 1.807) is 11.8 Å². The van der Waals surface area contributed by atoms with Gasteiger partial charge < -0.3 is 9.72 Å². The Bertz CT molecular complexity index is 559. The number of aromatic nitrogens is 2. The molecule has 1 aromatic carbocycles. The first kappa shape index (κ1) is 16.4. The molecule has 0 radical (unpaired) electrons. The van der Waals surface area contributed by atoms with Crippen molar-refractivity contribution in [2.45, 2.75) is 18.2 Å². The standard InChI is InChI=1S/C12H15N3O2S.Na.H/c1-3-6-18-8-4-5-9-10(7-8)14-11(13-9)15-12(16)17-2;;/h4-5,7H,3,6H2,1-2H3,(H2,13,14,15,16);;. The Kier molecular flexibility index (Phi) is 6.71. The second-order valence-electron chi connectivity index (χ2n) is 3.73. The van der Waals surface area contributed by atoms with E-state index in [1.165, 1.54) is 12.0 Å². The molecule has 0 spiro atoms. The SMILES string of the molecule is CCCSc1ccc2[nH]c(NC(=O)OC)nc2c1.[NaH]. The summed E-state index contributed by atoms with van der Waals surface area (Å²) in [6.07, 6.45) is 0.605. The number of thioether (sulfide) groups is 1. The van der Waals surface area contributed by atoms with Crippen LogP contribution in [0.15, 0.2) is 23.1 Å². The molecule has 0 atom stereocenters. The van der Waals surface area contributed by atoms with Crippen LogP contribution < -0.4 is 5.32 Å². The minimum absolute atomic E-state index is 0. The maximum atomic E-state index is 11.1. The van der Waals surface area contributed by atoms with E-state index in [2.05, 4.69) is 26.9 Å². The molecule has 98 valence electrons. The van der Waals surface area contributed by atoms with Crippen molar-refractivity contribution >= 4 is 64.4 Å². The molecule has 0 bridgehead atoms. The number of nitrogens with one attached hydrogen (secondary N) is 2. The van der Waals surface area contributed by atoms with E-state index < -0.39 is 6.09 Å². The van der Waals surface area contributed by atoms with Crippen LogP contribution in [-0.2, 0) is 4.74 Å². The van der Waals surface area contributed by atoms with Crippen molar-refractivity contribution < 1.29 is 9.53 Å². The molecule has 0 aliphatic carbocycles. The van der Waals surface area contributed by atoms with Crippen LogP contribution in [-0.4, -0.2) is 58.5 Å². The summed E-state index contributed by atoms with van der Waals surface area (Å²) < 4.78 is 4.51. The molecule has 0 fully saturated rings. The Hall–Kier alpha value is -0.690. The number of aromatic amines is 1. The predicted molar refractivity (Wildman–Crippen MR) is 80.3 cm³/mol. The van der Waals surface area contributed by atoms with Gasteiger partial charge in [0.2, 0.25) is 5.95 Å². The average Bonchev–Trinajstić information content (AvgIpc) is 2.77. The topological polar surface area (TPSA) is 67.0 Å². The molecule has 1 aromatic heterocycles. The van der Waals surface area contributed by atoms with Crippen LogP contribution in [0.25, 0.3) is 11.0 Å². The van der Waals surface area contributed by atoms with Gasteiger partial charge in [0.05, 0.1) is 18.1 Å². The molecule has 1 amide bonds. The van der Waals surface area contributed by atoms with E-state index in [4.69, 9.17) is 0 Å². The second kappa shape index (κ2) is 7.79. The van der Waals surface area contributed by atoms with Gasteiger partial charge in [-0.05, 0) is 30.4 Å². The zero-order chi connectivity index (χ0) is 13.0. The normalized spacial score (nSPS) is 10.0. The number of carbonyl (C=O) groups is 1. The van der Waals surface area contributed by atoms with Crippen molar-refractivity contribution in [3.05, 3.63) is 18.2 Å². The number of H-pyrrole nitrogens is 1. The Morgan fingerprint density at radius 2 is 2.32 bits per heavy atom. The van der Waals surface area contributed by atoms with Crippen LogP contribution >= 0.6 is 11.8 Å². The van der Waals surface area contributed by atoms with Gasteiger partial charge in [0.15, 0.2) is 0 Å². The molecule has 0 saturated carbocycles. The molecule has 0 aliphatic rings. The zero-order valence-electron chi connectivity index (χ0n) is 10.3. The van der Waals surface area contributed by atoms with Gasteiger partial charge in [-0.1, -0.05) is 6.92 Å². The number of imidazole rings is 1. The van der Waals surface area contributed by atoms with Crippen LogP contribution in [0.2, 0.25) is 0 Å². The van der Waals surface area contributed by atoms with Crippen molar-refractivity contribution in [1.29, 1.82) is 0 Å². The van der Waals surface area contributed by atoms with Crippen molar-refractivity contribution in [3.63, 3.8) is 0 Å². The molecular formula is C12H16N3NaO2S. The Morgan fingerprint density at radius 3 is 3.00 bits per heavy atom. The third-order valence-corrected chi connectivity index (χ3v) is 3.53. The summed E-state index contributed by atoms with van der Waals surface area (Å²) in [6.45, 7) is 2.15. The van der Waals surface area contributed by atoms with E-state index >= 15 is 0 Å². The zero-order valence-corrected chi connectivity index (χ0v) is 11.1. The minimum atomic E-state index is -0.533. The van der Waals surface area contributed by atoms with Gasteiger partial charge in [0.25, 0.3) is 0 Å². The van der Waals surface area contributed by atoms with Gasteiger partial charge in [-0.15, -0.1) is 11.8 Å². The van der Waals surface area contributed by atoms with Crippen molar-refractivity contribution in [2.75, 3.05) is 18.2 Å². The number of nitrogens with zero attached hydrogens (tertiary/aromatic N) is 1. The van der Waals surface area contributed by atoms with Gasteiger partial charge in [-0.2, -0.15) is 0 Å². The second-order valence-corrected chi connectivity index (χ2v) is 4.90. The van der Waals surface area contributed by atoms with Crippen molar-refractivity contribution in [1.82, 2.24) is 9.97 Å². The van der Waals surface area contributed by atoms with Crippen LogP contribution in [0, 0.1) is 0 Å². The number of methoxy groups -OCH3 is 1. The summed E-state index contributed by atoms with van der Waals surface area (Å²) in [7, 11) is 1.32. The fourth-order valence-corrected chi connectivity index (χ4v) is 2.30. The third-order valence-electron chi connectivity index (χ3n) is 2.33. The first-order valence-electron chi connectivity index (χ1n) is 5.70. The molecule has 2 aromatic rings. The number of benzene rings is 1. The Balaban J connectivity index is 0.00000180. The molecule has 2 rings (SSSR count). The molecular weight excluding hydrogens is 273 g/mol. The summed E-state index contributed by atoms with van der Waals surface area (Å²) >= 11 is 1.80. The number of ether oxygens (including phenoxy) is 1. The maximum absolute atomic E-state index is 11.1. The van der Waals surface area contributed by atoms with E-state index in [1.807, 2.05) is 18.2 Å². The molecule has 5 nitrogen and oxygen atoms in total. The number of hydrogen-bond donors (Lipinski definition) is 2. The molecule has 0 aliphatic heterocycles. The van der Waals surface area contributed by atoms with Gasteiger partial charge in [-0.3, -0.25) is 5.32 Å². The number of fused-ring (bicyclic) bond motifs is 1. The average molecular weight is 289 g/mol. The fourth-order valence-electron chi connectivity index (χ4n) is 1.50. The summed E-state index contributed by atoms with van der Waals surface area (Å²) in [5.74, 6) is 1.48. The van der Waals surface area contributed by atoms with E-state index in [0.29, 0.717) is 5.95 Å². The number of amides is 1. The summed E-state index contributed by atoms with van der Waals surface area (Å²) in [5.41, 5.74) is 1.73. The fraction of sp³-hybridized carbons (Fsp3) is 0.333. The molecule has 0 saturated heterocycles. The number of carbonyl (C=O) groups excluding carboxylic acids is 1. The quantitative estimate of drug-likeness (QED) is 0.670. The number of hydrogen-bond acceptors (Lipinski definition) is 4. The summed E-state index contributed by atoms with van der Waals surface area (Å²) in [4.78, 5) is 19.6. The molecule has 2 N–H and O–H groups in total. The van der Waals surface area contributed by atoms with Crippen LogP contribution in [0.3, 0.4) is 0 Å². The molecule has 1 heterocycles. The van der Waals surface area contributed by atoms with Crippen LogP contribution in [0.1, 0.15) is 13.3 Å². The van der Waals surface area contributed by atoms with Crippen molar-refractivity contribution in [3.8, 4) is 0 Å². The first-order valence-corrected chi connectivity index (χ1v) is 6.69. The molecule has 7 heteroatoms.